The van der Waals surface area contributed by atoms with E-state index in [1.54, 1.807) is 0 Å². The summed E-state index contributed by atoms with van der Waals surface area (Å²) in [6.45, 7) is 2.82. The zero-order valence-corrected chi connectivity index (χ0v) is 12.4. The highest BCUT2D eigenvalue weighted by atomic mass is 16.5. The van der Waals surface area contributed by atoms with Gasteiger partial charge in [0.25, 0.3) is 0 Å². The van der Waals surface area contributed by atoms with Crippen molar-refractivity contribution in [3.8, 4) is 5.75 Å². The highest BCUT2D eigenvalue weighted by molar-refractivity contribution is 5.88. The second-order valence-corrected chi connectivity index (χ2v) is 5.34. The number of fused-ring (bicyclic) bond motifs is 1. The number of hydrogen-bond donors (Lipinski definition) is 0. The van der Waals surface area contributed by atoms with Crippen LogP contribution >= 0.6 is 0 Å². The van der Waals surface area contributed by atoms with Crippen LogP contribution in [0, 0.1) is 0 Å². The van der Waals surface area contributed by atoms with Crippen molar-refractivity contribution >= 4 is 10.8 Å². The summed E-state index contributed by atoms with van der Waals surface area (Å²) in [6.07, 6.45) is 2.30. The van der Waals surface area contributed by atoms with Gasteiger partial charge in [0, 0.05) is 5.39 Å². The summed E-state index contributed by atoms with van der Waals surface area (Å²) in [6, 6.07) is 23.2. The van der Waals surface area contributed by atoms with E-state index in [4.69, 9.17) is 4.74 Å². The minimum Gasteiger partial charge on any atom is -0.488 e. The average Bonchev–Trinajstić information content (AvgIpc) is 2.53. The number of benzene rings is 3. The minimum atomic E-state index is 0.617. The van der Waals surface area contributed by atoms with E-state index < -0.39 is 0 Å². The summed E-state index contributed by atoms with van der Waals surface area (Å²) in [4.78, 5) is 0. The quantitative estimate of drug-likeness (QED) is 0.608. The molecule has 3 aromatic rings. The van der Waals surface area contributed by atoms with Crippen LogP contribution in [0.15, 0.2) is 66.7 Å². The van der Waals surface area contributed by atoms with Crippen molar-refractivity contribution in [2.24, 2.45) is 0 Å². The molecule has 0 amide bonds. The monoisotopic (exact) mass is 276 g/mol. The van der Waals surface area contributed by atoms with Crippen molar-refractivity contribution in [2.75, 3.05) is 0 Å². The van der Waals surface area contributed by atoms with Gasteiger partial charge in [-0.2, -0.15) is 0 Å². The van der Waals surface area contributed by atoms with Crippen LogP contribution in [0.3, 0.4) is 0 Å². The molecule has 0 N–H and O–H groups in total. The van der Waals surface area contributed by atoms with Gasteiger partial charge in [0.2, 0.25) is 0 Å². The molecule has 3 rings (SSSR count). The Morgan fingerprint density at radius 3 is 2.48 bits per heavy atom. The molecule has 0 fully saturated rings. The van der Waals surface area contributed by atoms with Crippen LogP contribution in [0.4, 0.5) is 0 Å². The van der Waals surface area contributed by atoms with Crippen LogP contribution in [0.2, 0.25) is 0 Å². The molecule has 0 saturated heterocycles. The highest BCUT2D eigenvalue weighted by Crippen LogP contribution is 2.26. The lowest BCUT2D eigenvalue weighted by atomic mass is 10.1. The number of ether oxygens (including phenoxy) is 1. The van der Waals surface area contributed by atoms with Gasteiger partial charge in [-0.15, -0.1) is 0 Å². The van der Waals surface area contributed by atoms with E-state index in [-0.39, 0.29) is 0 Å². The number of hydrogen-bond acceptors (Lipinski definition) is 1. The zero-order valence-electron chi connectivity index (χ0n) is 12.4. The predicted octanol–water partition coefficient (Wildman–Crippen LogP) is 5.37. The van der Waals surface area contributed by atoms with Crippen LogP contribution in [0.5, 0.6) is 5.75 Å². The van der Waals surface area contributed by atoms with Gasteiger partial charge in [-0.1, -0.05) is 74.0 Å². The molecule has 1 nitrogen and oxygen atoms in total. The van der Waals surface area contributed by atoms with Crippen molar-refractivity contribution in [3.05, 3.63) is 77.9 Å². The third-order valence-electron chi connectivity index (χ3n) is 3.67. The molecule has 0 bridgehead atoms. The summed E-state index contributed by atoms with van der Waals surface area (Å²) in [5.41, 5.74) is 2.62. The molecule has 1 heteroatoms. The second-order valence-electron chi connectivity index (χ2n) is 5.34. The number of aryl methyl sites for hydroxylation is 1. The summed E-state index contributed by atoms with van der Waals surface area (Å²) in [5.74, 6) is 0.953. The van der Waals surface area contributed by atoms with Gasteiger partial charge in [0.15, 0.2) is 0 Å². The van der Waals surface area contributed by atoms with Gasteiger partial charge in [-0.05, 0) is 29.0 Å². The van der Waals surface area contributed by atoms with Gasteiger partial charge >= 0.3 is 0 Å². The molecule has 0 aliphatic carbocycles. The molecule has 0 radical (unpaired) electrons. The summed E-state index contributed by atoms with van der Waals surface area (Å²) in [7, 11) is 0. The Morgan fingerprint density at radius 2 is 1.57 bits per heavy atom. The van der Waals surface area contributed by atoms with Gasteiger partial charge in [0.05, 0.1) is 0 Å². The molecule has 0 unspecified atom stereocenters. The lowest BCUT2D eigenvalue weighted by Gasteiger charge is -2.10. The van der Waals surface area contributed by atoms with E-state index in [2.05, 4.69) is 61.5 Å². The maximum atomic E-state index is 6.04. The Balaban J connectivity index is 1.79. The second kappa shape index (κ2) is 6.45. The molecule has 0 aromatic heterocycles. The first-order valence-electron chi connectivity index (χ1n) is 7.55. The normalized spacial score (nSPS) is 10.7. The fourth-order valence-corrected chi connectivity index (χ4v) is 2.65. The summed E-state index contributed by atoms with van der Waals surface area (Å²) >= 11 is 0. The van der Waals surface area contributed by atoms with Crippen LogP contribution < -0.4 is 4.74 Å². The maximum Gasteiger partial charge on any atom is 0.127 e. The fourth-order valence-electron chi connectivity index (χ4n) is 2.65. The zero-order chi connectivity index (χ0) is 14.5. The number of rotatable bonds is 5. The SMILES string of the molecule is CCCc1cccc(COc2cccc3ccccc23)c1. The topological polar surface area (TPSA) is 9.23 Å². The third-order valence-corrected chi connectivity index (χ3v) is 3.67. The Labute approximate surface area is 126 Å². The van der Waals surface area contributed by atoms with E-state index in [0.717, 1.165) is 12.2 Å². The molecule has 3 aromatic carbocycles. The Morgan fingerprint density at radius 1 is 0.810 bits per heavy atom. The molecule has 0 spiro atoms. The van der Waals surface area contributed by atoms with Gasteiger partial charge in [-0.25, -0.2) is 0 Å². The van der Waals surface area contributed by atoms with Crippen LogP contribution in [-0.2, 0) is 13.0 Å². The average molecular weight is 276 g/mol. The van der Waals surface area contributed by atoms with Crippen LogP contribution in [0.25, 0.3) is 10.8 Å². The fraction of sp³-hybridized carbons (Fsp3) is 0.200. The van der Waals surface area contributed by atoms with Gasteiger partial charge in [-0.3, -0.25) is 0 Å². The van der Waals surface area contributed by atoms with Gasteiger partial charge in [0.1, 0.15) is 12.4 Å². The molecule has 0 heterocycles. The van der Waals surface area contributed by atoms with Crippen molar-refractivity contribution in [1.82, 2.24) is 0 Å². The Hall–Kier alpha value is -2.28. The van der Waals surface area contributed by atoms with Gasteiger partial charge < -0.3 is 4.74 Å². The molecule has 106 valence electrons. The summed E-state index contributed by atoms with van der Waals surface area (Å²) < 4.78 is 6.04. The van der Waals surface area contributed by atoms with E-state index in [1.807, 2.05) is 12.1 Å². The molecular formula is C20H20O. The molecule has 21 heavy (non-hydrogen) atoms. The highest BCUT2D eigenvalue weighted by Gasteiger charge is 2.02. The first-order valence-corrected chi connectivity index (χ1v) is 7.55. The van der Waals surface area contributed by atoms with Crippen molar-refractivity contribution < 1.29 is 4.74 Å². The van der Waals surface area contributed by atoms with E-state index in [9.17, 15) is 0 Å². The van der Waals surface area contributed by atoms with Crippen LogP contribution in [0.1, 0.15) is 24.5 Å². The van der Waals surface area contributed by atoms with E-state index in [0.29, 0.717) is 6.61 Å². The molecule has 0 atom stereocenters. The van der Waals surface area contributed by atoms with Crippen molar-refractivity contribution in [3.63, 3.8) is 0 Å². The first-order chi connectivity index (χ1) is 10.4. The lowest BCUT2D eigenvalue weighted by Crippen LogP contribution is -1.97. The maximum absolute atomic E-state index is 6.04. The van der Waals surface area contributed by atoms with E-state index >= 15 is 0 Å². The molecular weight excluding hydrogens is 256 g/mol. The third kappa shape index (κ3) is 3.25. The molecule has 0 aliphatic rings. The minimum absolute atomic E-state index is 0.617. The Kier molecular flexibility index (Phi) is 4.20. The summed E-state index contributed by atoms with van der Waals surface area (Å²) in [5, 5.41) is 2.39. The Bertz CT molecular complexity index is 725. The predicted molar refractivity (Wildman–Crippen MR) is 88.7 cm³/mol. The largest absolute Gasteiger partial charge is 0.488 e. The smallest absolute Gasteiger partial charge is 0.127 e. The molecule has 0 aliphatic heterocycles. The van der Waals surface area contributed by atoms with Crippen molar-refractivity contribution in [1.29, 1.82) is 0 Å². The first kappa shape index (κ1) is 13.7. The molecule has 0 saturated carbocycles. The van der Waals surface area contributed by atoms with Crippen molar-refractivity contribution in [2.45, 2.75) is 26.4 Å². The standard InChI is InChI=1S/C20H20O/c1-2-7-16-8-5-9-17(14-16)15-21-20-13-6-11-18-10-3-4-12-19(18)20/h3-6,8-14H,2,7,15H2,1H3. The van der Waals surface area contributed by atoms with Crippen LogP contribution in [-0.4, -0.2) is 0 Å². The lowest BCUT2D eigenvalue weighted by molar-refractivity contribution is 0.310. The van der Waals surface area contributed by atoms with E-state index in [1.165, 1.54) is 28.3 Å².